The number of fused-ring (bicyclic) bond motifs is 3. The van der Waals surface area contributed by atoms with E-state index in [1.165, 1.54) is 17.3 Å². The van der Waals surface area contributed by atoms with Crippen molar-refractivity contribution in [2.24, 2.45) is 0 Å². The lowest BCUT2D eigenvalue weighted by molar-refractivity contribution is -0.113. The quantitative estimate of drug-likeness (QED) is 0.689. The summed E-state index contributed by atoms with van der Waals surface area (Å²) in [5.74, 6) is 1.13. The number of aromatic nitrogens is 3. The van der Waals surface area contributed by atoms with Gasteiger partial charge in [0.25, 0.3) is 0 Å². The molecule has 0 saturated heterocycles. The molecule has 0 bridgehead atoms. The van der Waals surface area contributed by atoms with Crippen molar-refractivity contribution in [2.45, 2.75) is 37.9 Å². The lowest BCUT2D eigenvalue weighted by Gasteiger charge is -2.34. The molecule has 2 heterocycles. The summed E-state index contributed by atoms with van der Waals surface area (Å²) in [4.78, 5) is 12.4. The fraction of sp³-hybridized carbons (Fsp3) is 0.286. The van der Waals surface area contributed by atoms with E-state index in [1.807, 2.05) is 37.3 Å². The largest absolute Gasteiger partial charge is 0.325 e. The third-order valence-corrected chi connectivity index (χ3v) is 5.68. The summed E-state index contributed by atoms with van der Waals surface area (Å²) in [6.45, 7) is 6.38. The second kappa shape index (κ2) is 6.85. The van der Waals surface area contributed by atoms with Crippen LogP contribution in [0.1, 0.15) is 25.0 Å². The van der Waals surface area contributed by atoms with E-state index in [0.717, 1.165) is 34.2 Å². The smallest absolute Gasteiger partial charge is 0.234 e. The number of nitrogens with one attached hydrogen (secondary N) is 1. The van der Waals surface area contributed by atoms with Crippen LogP contribution in [0, 0.1) is 6.92 Å². The summed E-state index contributed by atoms with van der Waals surface area (Å²) >= 11 is 1.43. The average Bonchev–Trinajstić information content (AvgIpc) is 3.05. The minimum absolute atomic E-state index is 0.0445. The highest BCUT2D eigenvalue weighted by Crippen LogP contribution is 2.39. The lowest BCUT2D eigenvalue weighted by atomic mass is 9.87. The van der Waals surface area contributed by atoms with Crippen LogP contribution < -0.4 is 5.32 Å². The minimum atomic E-state index is -0.136. The fourth-order valence-corrected chi connectivity index (χ4v) is 4.46. The van der Waals surface area contributed by atoms with Crippen molar-refractivity contribution < 1.29 is 4.79 Å². The molecule has 0 fully saturated rings. The highest BCUT2D eigenvalue weighted by atomic mass is 32.2. The molecule has 1 amide bonds. The van der Waals surface area contributed by atoms with Crippen molar-refractivity contribution in [1.82, 2.24) is 14.8 Å². The number of benzene rings is 2. The number of nitrogens with zero attached hydrogens (tertiary/aromatic N) is 3. The van der Waals surface area contributed by atoms with Crippen LogP contribution in [0.4, 0.5) is 5.69 Å². The molecule has 1 aliphatic rings. The Morgan fingerprint density at radius 2 is 2.00 bits per heavy atom. The third-order valence-electron chi connectivity index (χ3n) is 4.75. The summed E-state index contributed by atoms with van der Waals surface area (Å²) in [5, 5.41) is 12.5. The van der Waals surface area contributed by atoms with Crippen molar-refractivity contribution in [1.29, 1.82) is 0 Å². The van der Waals surface area contributed by atoms with E-state index >= 15 is 0 Å². The lowest BCUT2D eigenvalue weighted by Crippen LogP contribution is -2.33. The van der Waals surface area contributed by atoms with Crippen molar-refractivity contribution in [3.8, 4) is 11.4 Å². The van der Waals surface area contributed by atoms with E-state index in [9.17, 15) is 4.79 Å². The van der Waals surface area contributed by atoms with E-state index in [4.69, 9.17) is 0 Å². The molecule has 4 rings (SSSR count). The molecule has 6 heteroatoms. The molecule has 138 valence electrons. The van der Waals surface area contributed by atoms with Gasteiger partial charge < -0.3 is 5.32 Å². The molecule has 1 N–H and O–H groups in total. The maximum Gasteiger partial charge on any atom is 0.234 e. The molecule has 0 atom stereocenters. The molecule has 1 aliphatic heterocycles. The van der Waals surface area contributed by atoms with E-state index in [2.05, 4.69) is 52.1 Å². The molecule has 0 unspecified atom stereocenters. The predicted octanol–water partition coefficient (Wildman–Crippen LogP) is 4.28. The van der Waals surface area contributed by atoms with Gasteiger partial charge in [-0.3, -0.25) is 9.36 Å². The second-order valence-electron chi connectivity index (χ2n) is 7.49. The molecule has 27 heavy (non-hydrogen) atoms. The van der Waals surface area contributed by atoms with Gasteiger partial charge >= 0.3 is 0 Å². The Hall–Kier alpha value is -2.60. The van der Waals surface area contributed by atoms with Gasteiger partial charge in [-0.25, -0.2) is 0 Å². The standard InChI is InChI=1S/C21H22N4OS/c1-14-7-6-9-16(11-14)22-18(26)13-27-20-24-23-19-17-10-5-4-8-15(17)12-21(2,3)25(19)20/h4-11H,12-13H2,1-3H3,(H,22,26). The average molecular weight is 379 g/mol. The zero-order valence-electron chi connectivity index (χ0n) is 15.7. The maximum absolute atomic E-state index is 12.4. The molecule has 0 saturated carbocycles. The van der Waals surface area contributed by atoms with Gasteiger partial charge in [0.1, 0.15) is 0 Å². The maximum atomic E-state index is 12.4. The summed E-state index contributed by atoms with van der Waals surface area (Å²) in [7, 11) is 0. The van der Waals surface area contributed by atoms with Crippen LogP contribution in [-0.4, -0.2) is 26.4 Å². The number of thioether (sulfide) groups is 1. The Morgan fingerprint density at radius 3 is 2.81 bits per heavy atom. The first-order chi connectivity index (χ1) is 12.9. The Labute approximate surface area is 163 Å². The molecule has 1 aromatic heterocycles. The Balaban J connectivity index is 1.53. The van der Waals surface area contributed by atoms with E-state index in [0.29, 0.717) is 5.75 Å². The first kappa shape index (κ1) is 17.8. The fourth-order valence-electron chi connectivity index (χ4n) is 3.57. The SMILES string of the molecule is Cc1cccc(NC(=O)CSc2nnc3n2C(C)(C)Cc2ccccc2-3)c1. The number of carbonyl (C=O) groups is 1. The number of carbonyl (C=O) groups excluding carboxylic acids is 1. The van der Waals surface area contributed by atoms with Crippen molar-refractivity contribution in [3.05, 3.63) is 59.7 Å². The normalized spacial score (nSPS) is 14.3. The Kier molecular flexibility index (Phi) is 4.52. The first-order valence-corrected chi connectivity index (χ1v) is 9.96. The van der Waals surface area contributed by atoms with Gasteiger partial charge in [0.15, 0.2) is 11.0 Å². The number of anilines is 1. The highest BCUT2D eigenvalue weighted by Gasteiger charge is 2.34. The van der Waals surface area contributed by atoms with Gasteiger partial charge in [0.2, 0.25) is 5.91 Å². The number of hydrogen-bond acceptors (Lipinski definition) is 4. The van der Waals surface area contributed by atoms with Crippen LogP contribution in [0.25, 0.3) is 11.4 Å². The molecular weight excluding hydrogens is 356 g/mol. The molecule has 2 aromatic carbocycles. The molecule has 0 spiro atoms. The molecule has 0 aliphatic carbocycles. The van der Waals surface area contributed by atoms with Crippen LogP contribution in [0.3, 0.4) is 0 Å². The summed E-state index contributed by atoms with van der Waals surface area (Å²) < 4.78 is 2.17. The van der Waals surface area contributed by atoms with Gasteiger partial charge in [-0.15, -0.1) is 10.2 Å². The van der Waals surface area contributed by atoms with Crippen molar-refractivity contribution >= 4 is 23.4 Å². The number of amides is 1. The molecule has 3 aromatic rings. The van der Waals surface area contributed by atoms with E-state index in [1.54, 1.807) is 0 Å². The predicted molar refractivity (Wildman–Crippen MR) is 109 cm³/mol. The van der Waals surface area contributed by atoms with Crippen LogP contribution in [0.5, 0.6) is 0 Å². The molecular formula is C21H22N4OS. The third kappa shape index (κ3) is 3.49. The van der Waals surface area contributed by atoms with Gasteiger partial charge in [0, 0.05) is 16.8 Å². The topological polar surface area (TPSA) is 59.8 Å². The first-order valence-electron chi connectivity index (χ1n) is 8.97. The monoisotopic (exact) mass is 378 g/mol. The van der Waals surface area contributed by atoms with Gasteiger partial charge in [-0.05, 0) is 50.5 Å². The number of rotatable bonds is 4. The molecule has 5 nitrogen and oxygen atoms in total. The van der Waals surface area contributed by atoms with Crippen LogP contribution in [-0.2, 0) is 16.8 Å². The van der Waals surface area contributed by atoms with Crippen LogP contribution in [0.15, 0.2) is 53.7 Å². The van der Waals surface area contributed by atoms with Gasteiger partial charge in [0.05, 0.1) is 5.75 Å². The number of hydrogen-bond donors (Lipinski definition) is 1. The van der Waals surface area contributed by atoms with Crippen molar-refractivity contribution in [3.63, 3.8) is 0 Å². The zero-order chi connectivity index (χ0) is 19.0. The van der Waals surface area contributed by atoms with E-state index < -0.39 is 0 Å². The second-order valence-corrected chi connectivity index (χ2v) is 8.44. The summed E-state index contributed by atoms with van der Waals surface area (Å²) in [5.41, 5.74) is 4.21. The summed E-state index contributed by atoms with van der Waals surface area (Å²) in [6, 6.07) is 16.1. The van der Waals surface area contributed by atoms with Gasteiger partial charge in [-0.2, -0.15) is 0 Å². The zero-order valence-corrected chi connectivity index (χ0v) is 16.5. The van der Waals surface area contributed by atoms with Crippen molar-refractivity contribution in [2.75, 3.05) is 11.1 Å². The van der Waals surface area contributed by atoms with E-state index in [-0.39, 0.29) is 11.4 Å². The van der Waals surface area contributed by atoms with Gasteiger partial charge in [-0.1, -0.05) is 48.2 Å². The highest BCUT2D eigenvalue weighted by molar-refractivity contribution is 7.99. The minimum Gasteiger partial charge on any atom is -0.325 e. The Bertz CT molecular complexity index is 1010. The number of aryl methyl sites for hydroxylation is 1. The summed E-state index contributed by atoms with van der Waals surface area (Å²) in [6.07, 6.45) is 0.914. The molecule has 0 radical (unpaired) electrons. The van der Waals surface area contributed by atoms with Crippen LogP contribution >= 0.6 is 11.8 Å². The van der Waals surface area contributed by atoms with Crippen LogP contribution in [0.2, 0.25) is 0 Å². The Morgan fingerprint density at radius 1 is 1.19 bits per heavy atom.